The topological polar surface area (TPSA) is 75.7 Å². The molecule has 1 N–H and O–H groups in total. The lowest BCUT2D eigenvalue weighted by atomic mass is 10.1. The molecule has 6 nitrogen and oxygen atoms in total. The maximum absolute atomic E-state index is 12.2. The number of carbonyl (C=O) groups is 3. The van der Waals surface area contributed by atoms with Crippen molar-refractivity contribution < 1.29 is 19.1 Å². The van der Waals surface area contributed by atoms with Gasteiger partial charge < -0.3 is 15.0 Å². The van der Waals surface area contributed by atoms with Crippen molar-refractivity contribution in [2.75, 3.05) is 19.7 Å². The highest BCUT2D eigenvalue weighted by Gasteiger charge is 2.38. The Morgan fingerprint density at radius 1 is 1.33 bits per heavy atom. The van der Waals surface area contributed by atoms with Crippen LogP contribution in [0.4, 0.5) is 0 Å². The SMILES string of the molecule is CCCNC(=O)COC(=O)[C@@H]1CC(=O)N([C@H](C)c2ccccc2)C1. The monoisotopic (exact) mass is 332 g/mol. The molecule has 1 aromatic rings. The molecule has 2 amide bonds. The second-order valence-electron chi connectivity index (χ2n) is 5.99. The number of hydrogen-bond donors (Lipinski definition) is 1. The molecule has 1 fully saturated rings. The van der Waals surface area contributed by atoms with Gasteiger partial charge in [-0.1, -0.05) is 37.3 Å². The number of likely N-dealkylation sites (tertiary alicyclic amines) is 1. The van der Waals surface area contributed by atoms with Crippen LogP contribution in [0.15, 0.2) is 30.3 Å². The van der Waals surface area contributed by atoms with Gasteiger partial charge in [-0.05, 0) is 18.9 Å². The summed E-state index contributed by atoms with van der Waals surface area (Å²) in [5.41, 5.74) is 1.03. The zero-order chi connectivity index (χ0) is 17.5. The van der Waals surface area contributed by atoms with E-state index < -0.39 is 11.9 Å². The molecule has 0 aliphatic carbocycles. The molecule has 1 aliphatic rings. The van der Waals surface area contributed by atoms with E-state index >= 15 is 0 Å². The van der Waals surface area contributed by atoms with Gasteiger partial charge in [0.15, 0.2) is 6.61 Å². The fourth-order valence-corrected chi connectivity index (χ4v) is 2.75. The van der Waals surface area contributed by atoms with Gasteiger partial charge in [0.25, 0.3) is 5.91 Å². The van der Waals surface area contributed by atoms with Gasteiger partial charge in [0.2, 0.25) is 5.91 Å². The van der Waals surface area contributed by atoms with Gasteiger partial charge in [-0.25, -0.2) is 0 Å². The van der Waals surface area contributed by atoms with E-state index in [0.29, 0.717) is 13.1 Å². The normalized spacial score (nSPS) is 18.3. The molecule has 2 atom stereocenters. The van der Waals surface area contributed by atoms with Gasteiger partial charge >= 0.3 is 5.97 Å². The van der Waals surface area contributed by atoms with Crippen LogP contribution in [0.1, 0.15) is 38.3 Å². The minimum absolute atomic E-state index is 0.0660. The summed E-state index contributed by atoms with van der Waals surface area (Å²) < 4.78 is 5.04. The summed E-state index contributed by atoms with van der Waals surface area (Å²) in [5.74, 6) is -1.38. The van der Waals surface area contributed by atoms with Crippen LogP contribution in [0.5, 0.6) is 0 Å². The van der Waals surface area contributed by atoms with E-state index in [0.717, 1.165) is 12.0 Å². The number of carbonyl (C=O) groups excluding carboxylic acids is 3. The van der Waals surface area contributed by atoms with Crippen molar-refractivity contribution in [2.45, 2.75) is 32.7 Å². The van der Waals surface area contributed by atoms with Crippen molar-refractivity contribution in [3.63, 3.8) is 0 Å². The molecule has 0 spiro atoms. The number of nitrogens with zero attached hydrogens (tertiary/aromatic N) is 1. The summed E-state index contributed by atoms with van der Waals surface area (Å²) in [4.78, 5) is 37.5. The number of rotatable bonds is 7. The fraction of sp³-hybridized carbons (Fsp3) is 0.500. The zero-order valence-electron chi connectivity index (χ0n) is 14.2. The van der Waals surface area contributed by atoms with Crippen LogP contribution in [-0.4, -0.2) is 42.4 Å². The molecule has 130 valence electrons. The quantitative estimate of drug-likeness (QED) is 0.771. The van der Waals surface area contributed by atoms with E-state index in [4.69, 9.17) is 4.74 Å². The zero-order valence-corrected chi connectivity index (χ0v) is 14.2. The summed E-state index contributed by atoms with van der Waals surface area (Å²) in [6, 6.07) is 9.60. The Kier molecular flexibility index (Phi) is 6.35. The third-order valence-corrected chi connectivity index (χ3v) is 4.16. The van der Waals surface area contributed by atoms with Gasteiger partial charge in [-0.15, -0.1) is 0 Å². The van der Waals surface area contributed by atoms with Crippen LogP contribution in [0.2, 0.25) is 0 Å². The van der Waals surface area contributed by atoms with Crippen LogP contribution in [0.25, 0.3) is 0 Å². The van der Waals surface area contributed by atoms with Gasteiger partial charge in [0.05, 0.1) is 12.0 Å². The fourth-order valence-electron chi connectivity index (χ4n) is 2.75. The van der Waals surface area contributed by atoms with E-state index in [1.807, 2.05) is 44.2 Å². The highest BCUT2D eigenvalue weighted by Crippen LogP contribution is 2.28. The van der Waals surface area contributed by atoms with Gasteiger partial charge in [0.1, 0.15) is 0 Å². The first-order chi connectivity index (χ1) is 11.5. The van der Waals surface area contributed by atoms with Gasteiger partial charge in [0, 0.05) is 19.5 Å². The molecule has 0 saturated carbocycles. The Morgan fingerprint density at radius 3 is 2.71 bits per heavy atom. The minimum atomic E-state index is -0.511. The standard InChI is InChI=1S/C18H24N2O4/c1-3-9-19-16(21)12-24-18(23)15-10-17(22)20(11-15)13(2)14-7-5-4-6-8-14/h4-8,13,15H,3,9-12H2,1-2H3,(H,19,21)/t13-,15-/m1/s1. The van der Waals surface area contributed by atoms with Crippen LogP contribution < -0.4 is 5.32 Å². The van der Waals surface area contributed by atoms with Crippen LogP contribution in [0.3, 0.4) is 0 Å². The van der Waals surface area contributed by atoms with E-state index in [-0.39, 0.29) is 30.9 Å². The van der Waals surface area contributed by atoms with Crippen molar-refractivity contribution in [3.05, 3.63) is 35.9 Å². The second kappa shape index (κ2) is 8.47. The summed E-state index contributed by atoms with van der Waals surface area (Å²) in [5, 5.41) is 2.64. The van der Waals surface area contributed by atoms with Crippen molar-refractivity contribution in [3.8, 4) is 0 Å². The number of nitrogens with one attached hydrogen (secondary N) is 1. The predicted molar refractivity (Wildman–Crippen MR) is 88.9 cm³/mol. The summed E-state index contributed by atoms with van der Waals surface area (Å²) in [7, 11) is 0. The van der Waals surface area contributed by atoms with Crippen molar-refractivity contribution in [2.24, 2.45) is 5.92 Å². The Bertz CT molecular complexity index is 588. The molecule has 1 heterocycles. The molecular weight excluding hydrogens is 308 g/mol. The molecule has 0 radical (unpaired) electrons. The lowest BCUT2D eigenvalue weighted by Crippen LogP contribution is -2.32. The number of amides is 2. The number of esters is 1. The van der Waals surface area contributed by atoms with Gasteiger partial charge in [-0.3, -0.25) is 14.4 Å². The van der Waals surface area contributed by atoms with Crippen LogP contribution in [0, 0.1) is 5.92 Å². The molecule has 1 aromatic carbocycles. The van der Waals surface area contributed by atoms with E-state index in [1.54, 1.807) is 4.90 Å². The number of benzene rings is 1. The first kappa shape index (κ1) is 18.0. The highest BCUT2D eigenvalue weighted by atomic mass is 16.5. The predicted octanol–water partition coefficient (Wildman–Crippen LogP) is 1.67. The van der Waals surface area contributed by atoms with Crippen molar-refractivity contribution in [1.82, 2.24) is 10.2 Å². The van der Waals surface area contributed by atoms with Crippen molar-refractivity contribution >= 4 is 17.8 Å². The maximum atomic E-state index is 12.2. The van der Waals surface area contributed by atoms with E-state index in [2.05, 4.69) is 5.32 Å². The minimum Gasteiger partial charge on any atom is -0.455 e. The first-order valence-electron chi connectivity index (χ1n) is 8.30. The van der Waals surface area contributed by atoms with Crippen LogP contribution in [-0.2, 0) is 19.1 Å². The summed E-state index contributed by atoms with van der Waals surface area (Å²) in [6.07, 6.45) is 0.954. The average molecular weight is 332 g/mol. The number of ether oxygens (including phenoxy) is 1. The molecule has 1 saturated heterocycles. The third kappa shape index (κ3) is 4.57. The highest BCUT2D eigenvalue weighted by molar-refractivity contribution is 5.88. The Morgan fingerprint density at radius 2 is 2.04 bits per heavy atom. The Hall–Kier alpha value is -2.37. The molecular formula is C18H24N2O4. The smallest absolute Gasteiger partial charge is 0.311 e. The molecule has 0 bridgehead atoms. The first-order valence-corrected chi connectivity index (χ1v) is 8.30. The lowest BCUT2D eigenvalue weighted by Gasteiger charge is -2.25. The molecule has 1 aliphatic heterocycles. The molecule has 6 heteroatoms. The van der Waals surface area contributed by atoms with Gasteiger partial charge in [-0.2, -0.15) is 0 Å². The van der Waals surface area contributed by atoms with E-state index in [1.165, 1.54) is 0 Å². The molecule has 2 rings (SSSR count). The molecule has 0 unspecified atom stereocenters. The lowest BCUT2D eigenvalue weighted by molar-refractivity contribution is -0.152. The Balaban J connectivity index is 1.87. The maximum Gasteiger partial charge on any atom is 0.311 e. The number of hydrogen-bond acceptors (Lipinski definition) is 4. The summed E-state index contributed by atoms with van der Waals surface area (Å²) >= 11 is 0. The third-order valence-electron chi connectivity index (χ3n) is 4.16. The summed E-state index contributed by atoms with van der Waals surface area (Å²) in [6.45, 7) is 4.47. The second-order valence-corrected chi connectivity index (χ2v) is 5.99. The molecule has 0 aromatic heterocycles. The van der Waals surface area contributed by atoms with Crippen molar-refractivity contribution in [1.29, 1.82) is 0 Å². The average Bonchev–Trinajstić information content (AvgIpc) is 2.99. The van der Waals surface area contributed by atoms with Crippen LogP contribution >= 0.6 is 0 Å². The largest absolute Gasteiger partial charge is 0.455 e. The Labute approximate surface area is 142 Å². The van der Waals surface area contributed by atoms with E-state index in [9.17, 15) is 14.4 Å². The molecule has 24 heavy (non-hydrogen) atoms.